The van der Waals surface area contributed by atoms with E-state index in [9.17, 15) is 10.1 Å². The third kappa shape index (κ3) is 2.30. The van der Waals surface area contributed by atoms with E-state index in [-0.39, 0.29) is 16.7 Å². The number of fused-ring (bicyclic) bond motifs is 3. The summed E-state index contributed by atoms with van der Waals surface area (Å²) in [5.41, 5.74) is 3.21. The molecule has 1 aliphatic heterocycles. The summed E-state index contributed by atoms with van der Waals surface area (Å²) in [6.07, 6.45) is 5.37. The Hall–Kier alpha value is -2.33. The van der Waals surface area contributed by atoms with Gasteiger partial charge < -0.3 is 5.32 Å². The molecule has 1 aliphatic carbocycles. The molecule has 4 nitrogen and oxygen atoms in total. The number of hydrogen-bond acceptors (Lipinski definition) is 3. The van der Waals surface area contributed by atoms with E-state index < -0.39 is 0 Å². The average molecular weight is 327 g/mol. The van der Waals surface area contributed by atoms with E-state index in [2.05, 4.69) is 23.5 Å². The maximum Gasteiger partial charge on any atom is 0.269 e. The maximum absolute atomic E-state index is 11.1. The minimum absolute atomic E-state index is 0.0160. The van der Waals surface area contributed by atoms with Gasteiger partial charge >= 0.3 is 0 Å². The molecule has 23 heavy (non-hydrogen) atoms. The molecule has 0 saturated heterocycles. The van der Waals surface area contributed by atoms with Crippen molar-refractivity contribution in [3.63, 3.8) is 0 Å². The van der Waals surface area contributed by atoms with Crippen molar-refractivity contribution in [3.05, 3.63) is 80.9 Å². The Morgan fingerprint density at radius 3 is 2.87 bits per heavy atom. The Balaban J connectivity index is 1.80. The van der Waals surface area contributed by atoms with Gasteiger partial charge in [-0.2, -0.15) is 0 Å². The Morgan fingerprint density at radius 2 is 2.04 bits per heavy atom. The molecule has 2 aromatic rings. The van der Waals surface area contributed by atoms with Crippen LogP contribution in [0, 0.1) is 16.0 Å². The third-order valence-corrected chi connectivity index (χ3v) is 5.10. The number of nitro benzene ring substituents is 1. The van der Waals surface area contributed by atoms with E-state index >= 15 is 0 Å². The summed E-state index contributed by atoms with van der Waals surface area (Å²) >= 11 is 6.37. The van der Waals surface area contributed by atoms with Crippen LogP contribution in [0.15, 0.2) is 54.6 Å². The standard InChI is InChI=1S/C18H15ClN2O2/c19-16-9-3-8-15-13-6-2-7-14(13)17(20-18(15)16)11-4-1-5-12(10-11)21(22)23/h1-6,8-10,13-14,17,20H,7H2/t13-,14+,17-/m1/s1. The molecule has 2 aliphatic rings. The molecule has 4 rings (SSSR count). The highest BCUT2D eigenvalue weighted by Gasteiger charge is 2.38. The summed E-state index contributed by atoms with van der Waals surface area (Å²) in [7, 11) is 0. The van der Waals surface area contributed by atoms with Gasteiger partial charge in [0.25, 0.3) is 5.69 Å². The van der Waals surface area contributed by atoms with E-state index in [4.69, 9.17) is 11.6 Å². The van der Waals surface area contributed by atoms with Gasteiger partial charge in [-0.1, -0.05) is 48.0 Å². The number of nitrogens with one attached hydrogen (secondary N) is 1. The van der Waals surface area contributed by atoms with Crippen molar-refractivity contribution < 1.29 is 4.92 Å². The molecule has 0 saturated carbocycles. The molecule has 1 heterocycles. The molecule has 0 unspecified atom stereocenters. The van der Waals surface area contributed by atoms with Crippen LogP contribution in [0.25, 0.3) is 0 Å². The molecule has 2 aromatic carbocycles. The lowest BCUT2D eigenvalue weighted by atomic mass is 9.77. The summed E-state index contributed by atoms with van der Waals surface area (Å²) in [5.74, 6) is 0.650. The SMILES string of the molecule is O=[N+]([O-])c1cccc([C@H]2Nc3c(Cl)cccc3[C@@H]3C=CC[C@H]23)c1. The third-order valence-electron chi connectivity index (χ3n) is 4.79. The van der Waals surface area contributed by atoms with E-state index in [1.807, 2.05) is 18.2 Å². The molecule has 5 heteroatoms. The van der Waals surface area contributed by atoms with Crippen molar-refractivity contribution in [3.8, 4) is 0 Å². The van der Waals surface area contributed by atoms with Gasteiger partial charge in [-0.05, 0) is 29.5 Å². The van der Waals surface area contributed by atoms with Crippen LogP contribution in [-0.4, -0.2) is 4.92 Å². The van der Waals surface area contributed by atoms with Crippen molar-refractivity contribution in [2.24, 2.45) is 5.92 Å². The number of nitrogens with zero attached hydrogens (tertiary/aromatic N) is 1. The number of allylic oxidation sites excluding steroid dienone is 2. The molecule has 0 amide bonds. The van der Waals surface area contributed by atoms with Crippen molar-refractivity contribution >= 4 is 23.0 Å². The van der Waals surface area contributed by atoms with Gasteiger partial charge in [-0.15, -0.1) is 0 Å². The van der Waals surface area contributed by atoms with Crippen LogP contribution in [0.4, 0.5) is 11.4 Å². The minimum Gasteiger partial charge on any atom is -0.376 e. The number of halogens is 1. The average Bonchev–Trinajstić information content (AvgIpc) is 3.04. The van der Waals surface area contributed by atoms with E-state index in [1.54, 1.807) is 12.1 Å². The zero-order valence-electron chi connectivity index (χ0n) is 12.3. The normalized spacial score (nSPS) is 24.7. The van der Waals surface area contributed by atoms with Crippen LogP contribution < -0.4 is 5.32 Å². The zero-order valence-corrected chi connectivity index (χ0v) is 13.0. The first-order valence-electron chi connectivity index (χ1n) is 7.61. The molecule has 0 bridgehead atoms. The largest absolute Gasteiger partial charge is 0.376 e. The number of para-hydroxylation sites is 1. The maximum atomic E-state index is 11.1. The predicted molar refractivity (Wildman–Crippen MR) is 90.9 cm³/mol. The summed E-state index contributed by atoms with van der Waals surface area (Å²) in [6.45, 7) is 0. The van der Waals surface area contributed by atoms with Crippen molar-refractivity contribution in [2.75, 3.05) is 5.32 Å². The molecule has 0 radical (unpaired) electrons. The van der Waals surface area contributed by atoms with Crippen molar-refractivity contribution in [1.29, 1.82) is 0 Å². The highest BCUT2D eigenvalue weighted by molar-refractivity contribution is 6.33. The van der Waals surface area contributed by atoms with Gasteiger partial charge in [0.2, 0.25) is 0 Å². The van der Waals surface area contributed by atoms with E-state index in [0.29, 0.717) is 16.9 Å². The Kier molecular flexibility index (Phi) is 3.34. The minimum atomic E-state index is -0.350. The second-order valence-electron chi connectivity index (χ2n) is 6.03. The fraction of sp³-hybridized carbons (Fsp3) is 0.222. The van der Waals surface area contributed by atoms with Gasteiger partial charge in [-0.3, -0.25) is 10.1 Å². The lowest BCUT2D eigenvalue weighted by Gasteiger charge is -2.37. The van der Waals surface area contributed by atoms with Crippen LogP contribution in [-0.2, 0) is 0 Å². The number of benzene rings is 2. The molecular weight excluding hydrogens is 312 g/mol. The second-order valence-corrected chi connectivity index (χ2v) is 6.44. The first kappa shape index (κ1) is 14.3. The predicted octanol–water partition coefficient (Wildman–Crippen LogP) is 5.07. The first-order chi connectivity index (χ1) is 11.1. The molecule has 0 aromatic heterocycles. The van der Waals surface area contributed by atoms with Crippen molar-refractivity contribution in [2.45, 2.75) is 18.4 Å². The Bertz CT molecular complexity index is 818. The fourth-order valence-electron chi connectivity index (χ4n) is 3.75. The molecule has 1 N–H and O–H groups in total. The highest BCUT2D eigenvalue weighted by atomic mass is 35.5. The van der Waals surface area contributed by atoms with Crippen LogP contribution in [0.3, 0.4) is 0 Å². The quantitative estimate of drug-likeness (QED) is 0.476. The highest BCUT2D eigenvalue weighted by Crippen LogP contribution is 2.51. The lowest BCUT2D eigenvalue weighted by Crippen LogP contribution is -2.29. The fourth-order valence-corrected chi connectivity index (χ4v) is 3.98. The number of non-ortho nitro benzene ring substituents is 1. The summed E-state index contributed by atoms with van der Waals surface area (Å²) in [5, 5.41) is 15.3. The zero-order chi connectivity index (χ0) is 16.0. The Morgan fingerprint density at radius 1 is 1.22 bits per heavy atom. The van der Waals surface area contributed by atoms with E-state index in [1.165, 1.54) is 11.6 Å². The lowest BCUT2D eigenvalue weighted by molar-refractivity contribution is -0.384. The van der Waals surface area contributed by atoms with Crippen LogP contribution >= 0.6 is 11.6 Å². The monoisotopic (exact) mass is 326 g/mol. The molecule has 0 fully saturated rings. The Labute approximate surface area is 138 Å². The number of nitro groups is 1. The van der Waals surface area contributed by atoms with Gasteiger partial charge in [0.1, 0.15) is 0 Å². The smallest absolute Gasteiger partial charge is 0.269 e. The first-order valence-corrected chi connectivity index (χ1v) is 7.99. The molecule has 116 valence electrons. The number of hydrogen-bond donors (Lipinski definition) is 1. The van der Waals surface area contributed by atoms with Crippen LogP contribution in [0.1, 0.15) is 29.5 Å². The molecular formula is C18H15ClN2O2. The van der Waals surface area contributed by atoms with Gasteiger partial charge in [-0.25, -0.2) is 0 Å². The number of anilines is 1. The second kappa shape index (κ2) is 5.39. The topological polar surface area (TPSA) is 55.2 Å². The van der Waals surface area contributed by atoms with Crippen molar-refractivity contribution in [1.82, 2.24) is 0 Å². The van der Waals surface area contributed by atoms with Crippen LogP contribution in [0.2, 0.25) is 5.02 Å². The van der Waals surface area contributed by atoms with Gasteiger partial charge in [0, 0.05) is 18.1 Å². The van der Waals surface area contributed by atoms with Gasteiger partial charge in [0.05, 0.1) is 21.7 Å². The molecule has 0 spiro atoms. The summed E-state index contributed by atoms with van der Waals surface area (Å²) in [6, 6.07) is 12.8. The molecule has 3 atom stereocenters. The van der Waals surface area contributed by atoms with Crippen LogP contribution in [0.5, 0.6) is 0 Å². The van der Waals surface area contributed by atoms with E-state index in [0.717, 1.165) is 17.7 Å². The van der Waals surface area contributed by atoms with Gasteiger partial charge in [0.15, 0.2) is 0 Å². The summed E-state index contributed by atoms with van der Waals surface area (Å²) < 4.78 is 0. The summed E-state index contributed by atoms with van der Waals surface area (Å²) in [4.78, 5) is 10.7. The number of rotatable bonds is 2.